The lowest BCUT2D eigenvalue weighted by molar-refractivity contribution is -0.290. The Morgan fingerprint density at radius 2 is 1.62 bits per heavy atom. The van der Waals surface area contributed by atoms with Crippen molar-refractivity contribution in [2.45, 2.75) is 80.9 Å². The standard InChI is InChI=1S/C44H42N6O8/c51-36-13-12-35(39(52)48-36)50-40(53)32-11-6-27(20-33(32)41(50)54)46-28-18-31(19-28)58-30-9-4-26(5-10-30)44(15-1-16-44)25-2-7-29(8-3-25)56-24-57-42-34-14-17-45-38(47-34)37-43(23-55-37)21-49(42)22-43/h2-11,14,17,20,28,31,35,37,42,46H,1,12-13,15-16,18-19,21-24H2,(H,48,51,52). The molecule has 3 atom stereocenters. The summed E-state index contributed by atoms with van der Waals surface area (Å²) in [5.41, 5.74) is 4.69. The third kappa shape index (κ3) is 5.71. The smallest absolute Gasteiger partial charge is 0.262 e. The zero-order valence-corrected chi connectivity index (χ0v) is 31.7. The maximum absolute atomic E-state index is 13.2. The highest BCUT2D eigenvalue weighted by molar-refractivity contribution is 6.23. The van der Waals surface area contributed by atoms with Crippen LogP contribution >= 0.6 is 0 Å². The van der Waals surface area contributed by atoms with Crippen molar-refractivity contribution in [1.82, 2.24) is 25.1 Å². The van der Waals surface area contributed by atoms with E-state index in [1.165, 1.54) is 17.5 Å². The second-order valence-corrected chi connectivity index (χ2v) is 16.8. The Bertz CT molecular complexity index is 2340. The van der Waals surface area contributed by atoms with Crippen LogP contribution in [0.2, 0.25) is 0 Å². The number of amides is 4. The highest BCUT2D eigenvalue weighted by Gasteiger charge is 2.61. The number of hydrogen-bond donors (Lipinski definition) is 2. The van der Waals surface area contributed by atoms with E-state index in [1.807, 2.05) is 18.2 Å². The molecule has 2 saturated carbocycles. The SMILES string of the molecule is O=C1CCC(N2C(=O)c3ccc(NC4CC(Oc5ccc(C6(c7ccc(OCOC8c9ccnc(n9)C9OCC9%10CN8C%10)cc7)CCC6)cc5)C4)cc3C2=O)C(=O)N1. The summed E-state index contributed by atoms with van der Waals surface area (Å²) in [5, 5.41) is 5.69. The quantitative estimate of drug-likeness (QED) is 0.158. The maximum atomic E-state index is 13.2. The summed E-state index contributed by atoms with van der Waals surface area (Å²) >= 11 is 0. The van der Waals surface area contributed by atoms with Gasteiger partial charge in [-0.15, -0.1) is 0 Å². The van der Waals surface area contributed by atoms with Crippen molar-refractivity contribution in [2.75, 3.05) is 31.8 Å². The van der Waals surface area contributed by atoms with Gasteiger partial charge in [0.1, 0.15) is 29.7 Å². The molecular formula is C44H42N6O8. The Hall–Kier alpha value is -5.70. The third-order valence-corrected chi connectivity index (χ3v) is 13.3. The van der Waals surface area contributed by atoms with E-state index in [4.69, 9.17) is 23.9 Å². The number of anilines is 1. The predicted molar refractivity (Wildman–Crippen MR) is 206 cm³/mol. The lowest BCUT2D eigenvalue weighted by Gasteiger charge is -2.61. The zero-order valence-electron chi connectivity index (χ0n) is 31.7. The molecule has 14 heteroatoms. The minimum absolute atomic E-state index is 0.0178. The second kappa shape index (κ2) is 13.4. The average Bonchev–Trinajstić information content (AvgIpc) is 3.41. The average molecular weight is 783 g/mol. The van der Waals surface area contributed by atoms with Gasteiger partial charge in [-0.2, -0.15) is 0 Å². The topological polar surface area (TPSA) is 162 Å². The molecule has 1 aromatic heterocycles. The molecule has 4 amide bonds. The number of aromatic nitrogens is 2. The van der Waals surface area contributed by atoms with Gasteiger partial charge in [-0.05, 0) is 78.9 Å². The van der Waals surface area contributed by atoms with Gasteiger partial charge in [-0.3, -0.25) is 34.3 Å². The summed E-state index contributed by atoms with van der Waals surface area (Å²) < 4.78 is 24.5. The minimum atomic E-state index is -0.985. The van der Waals surface area contributed by atoms with Crippen molar-refractivity contribution in [3.05, 3.63) is 113 Å². The zero-order chi connectivity index (χ0) is 39.2. The van der Waals surface area contributed by atoms with Crippen LogP contribution < -0.4 is 20.1 Å². The van der Waals surface area contributed by atoms with Crippen LogP contribution in [0.1, 0.15) is 101 Å². The number of hydrogen-bond acceptors (Lipinski definition) is 12. The molecule has 3 saturated heterocycles. The Labute approximate surface area is 334 Å². The van der Waals surface area contributed by atoms with E-state index in [1.54, 1.807) is 24.4 Å². The first-order valence-electron chi connectivity index (χ1n) is 20.2. The molecule has 2 N–H and O–H groups in total. The maximum Gasteiger partial charge on any atom is 0.262 e. The van der Waals surface area contributed by atoms with Gasteiger partial charge in [-0.25, -0.2) is 9.97 Å². The molecule has 2 aliphatic carbocycles. The Kier molecular flexibility index (Phi) is 8.21. The molecule has 8 aliphatic rings. The van der Waals surface area contributed by atoms with E-state index in [2.05, 4.69) is 56.9 Å². The molecule has 4 bridgehead atoms. The molecular weight excluding hydrogens is 741 g/mol. The van der Waals surface area contributed by atoms with E-state index < -0.39 is 29.7 Å². The van der Waals surface area contributed by atoms with Crippen molar-refractivity contribution in [1.29, 1.82) is 0 Å². The Morgan fingerprint density at radius 3 is 2.31 bits per heavy atom. The lowest BCUT2D eigenvalue weighted by Crippen LogP contribution is -2.68. The molecule has 6 aliphatic heterocycles. The van der Waals surface area contributed by atoms with Crippen LogP contribution in [-0.4, -0.2) is 88.1 Å². The summed E-state index contributed by atoms with van der Waals surface area (Å²) in [7, 11) is 0. The fourth-order valence-corrected chi connectivity index (χ4v) is 9.90. The first kappa shape index (κ1) is 35.5. The van der Waals surface area contributed by atoms with E-state index in [0.717, 1.165) is 79.0 Å². The molecule has 58 heavy (non-hydrogen) atoms. The van der Waals surface area contributed by atoms with E-state index in [9.17, 15) is 19.2 Å². The number of carbonyl (C=O) groups is 4. The number of ether oxygens (including phenoxy) is 4. The van der Waals surface area contributed by atoms with Crippen LogP contribution in [0.5, 0.6) is 11.5 Å². The molecule has 7 heterocycles. The number of nitrogens with one attached hydrogen (secondary N) is 2. The number of rotatable bonds is 11. The van der Waals surface area contributed by atoms with Crippen LogP contribution in [0.3, 0.4) is 0 Å². The monoisotopic (exact) mass is 782 g/mol. The van der Waals surface area contributed by atoms with Crippen LogP contribution in [-0.2, 0) is 24.5 Å². The van der Waals surface area contributed by atoms with Gasteiger partial charge in [0, 0.05) is 55.7 Å². The van der Waals surface area contributed by atoms with Crippen molar-refractivity contribution in [3.8, 4) is 11.5 Å². The van der Waals surface area contributed by atoms with E-state index in [-0.39, 0.29) is 66.1 Å². The van der Waals surface area contributed by atoms with Crippen LogP contribution in [0, 0.1) is 5.41 Å². The summed E-state index contributed by atoms with van der Waals surface area (Å²) in [6.45, 7) is 2.66. The van der Waals surface area contributed by atoms with Gasteiger partial charge in [-0.1, -0.05) is 30.7 Å². The Morgan fingerprint density at radius 1 is 0.879 bits per heavy atom. The van der Waals surface area contributed by atoms with Crippen LogP contribution in [0.25, 0.3) is 0 Å². The molecule has 14 nitrogen and oxygen atoms in total. The fraction of sp³-hybridized carbons (Fsp3) is 0.409. The molecule has 4 aromatic rings. The van der Waals surface area contributed by atoms with Gasteiger partial charge < -0.3 is 24.3 Å². The first-order valence-corrected chi connectivity index (χ1v) is 20.2. The normalized spacial score (nSPS) is 29.9. The number of fused-ring (bicyclic) bond motifs is 1. The molecule has 3 aromatic carbocycles. The summed E-state index contributed by atoms with van der Waals surface area (Å²) in [5.74, 6) is 0.293. The van der Waals surface area contributed by atoms with Crippen molar-refractivity contribution in [3.63, 3.8) is 0 Å². The van der Waals surface area contributed by atoms with Gasteiger partial charge >= 0.3 is 0 Å². The van der Waals surface area contributed by atoms with Gasteiger partial charge in [0.05, 0.1) is 28.8 Å². The first-order chi connectivity index (χ1) is 28.2. The number of nitrogens with zero attached hydrogens (tertiary/aromatic N) is 4. The fourth-order valence-electron chi connectivity index (χ4n) is 9.90. The van der Waals surface area contributed by atoms with Crippen molar-refractivity contribution in [2.24, 2.45) is 5.41 Å². The summed E-state index contributed by atoms with van der Waals surface area (Å²) in [6.07, 6.45) is 6.65. The predicted octanol–water partition coefficient (Wildman–Crippen LogP) is 4.81. The third-order valence-electron chi connectivity index (χ3n) is 13.3. The largest absolute Gasteiger partial charge is 0.490 e. The van der Waals surface area contributed by atoms with E-state index >= 15 is 0 Å². The summed E-state index contributed by atoms with van der Waals surface area (Å²) in [4.78, 5) is 62.8. The van der Waals surface area contributed by atoms with Crippen molar-refractivity contribution >= 4 is 29.3 Å². The molecule has 5 fully saturated rings. The number of imide groups is 2. The van der Waals surface area contributed by atoms with Gasteiger partial charge in [0.15, 0.2) is 18.8 Å². The molecule has 296 valence electrons. The molecule has 3 unspecified atom stereocenters. The van der Waals surface area contributed by atoms with Gasteiger partial charge in [0.25, 0.3) is 11.8 Å². The highest BCUT2D eigenvalue weighted by atomic mass is 16.7. The molecule has 12 rings (SSSR count). The summed E-state index contributed by atoms with van der Waals surface area (Å²) in [6, 6.07) is 23.1. The number of carbonyl (C=O) groups excluding carboxylic acids is 4. The van der Waals surface area contributed by atoms with Crippen LogP contribution in [0.15, 0.2) is 79.0 Å². The lowest BCUT2D eigenvalue weighted by atomic mass is 9.60. The highest BCUT2D eigenvalue weighted by Crippen LogP contribution is 2.55. The van der Waals surface area contributed by atoms with Crippen molar-refractivity contribution < 1.29 is 38.1 Å². The minimum Gasteiger partial charge on any atom is -0.490 e. The molecule has 0 radical (unpaired) electrons. The number of piperidine rings is 1. The molecule has 1 spiro atoms. The number of benzene rings is 3. The Balaban J connectivity index is 0.674. The second-order valence-electron chi connectivity index (χ2n) is 16.8. The van der Waals surface area contributed by atoms with Gasteiger partial charge in [0.2, 0.25) is 11.8 Å². The van der Waals surface area contributed by atoms with Crippen LogP contribution in [0.4, 0.5) is 5.69 Å². The van der Waals surface area contributed by atoms with E-state index in [0.29, 0.717) is 0 Å².